The topological polar surface area (TPSA) is 47.6 Å². The first kappa shape index (κ1) is 20.0. The van der Waals surface area contributed by atoms with Crippen molar-refractivity contribution in [2.24, 2.45) is 5.92 Å². The van der Waals surface area contributed by atoms with Crippen LogP contribution in [-0.4, -0.2) is 34.4 Å². The summed E-state index contributed by atoms with van der Waals surface area (Å²) >= 11 is 2.29. The fourth-order valence-electron chi connectivity index (χ4n) is 1.89. The average Bonchev–Trinajstić information content (AvgIpc) is 2.23. The molecule has 0 aliphatic carbocycles. The molecule has 2 atom stereocenters. The normalized spacial score (nSPS) is 16.6. The van der Waals surface area contributed by atoms with Gasteiger partial charge in [0.1, 0.15) is 5.60 Å². The van der Waals surface area contributed by atoms with Gasteiger partial charge in [-0.25, -0.2) is 4.79 Å². The second kappa shape index (κ2) is 8.41. The molecule has 0 aromatic heterocycles. The summed E-state index contributed by atoms with van der Waals surface area (Å²) < 4.78 is 12.1. The van der Waals surface area contributed by atoms with Crippen molar-refractivity contribution in [2.45, 2.75) is 72.2 Å². The van der Waals surface area contributed by atoms with Crippen LogP contribution in [0.3, 0.4) is 0 Å². The Balaban J connectivity index is 4.34. The summed E-state index contributed by atoms with van der Waals surface area (Å²) in [5, 5.41) is 2.80. The van der Waals surface area contributed by atoms with E-state index in [0.29, 0.717) is 12.5 Å². The molecule has 5 heteroatoms. The minimum Gasteiger partial charge on any atom is -0.444 e. The third-order valence-electron chi connectivity index (χ3n) is 2.58. The van der Waals surface area contributed by atoms with Crippen molar-refractivity contribution >= 4 is 28.7 Å². The molecule has 2 unspecified atom stereocenters. The molecule has 0 saturated heterocycles. The molecule has 0 spiro atoms. The number of ether oxygens (including phenoxy) is 2. The second-order valence-electron chi connectivity index (χ2n) is 7.00. The van der Waals surface area contributed by atoms with Crippen molar-refractivity contribution in [3.63, 3.8) is 0 Å². The molecule has 1 amide bonds. The summed E-state index contributed by atoms with van der Waals surface area (Å²) in [5.41, 5.74) is -0.845. The maximum Gasteiger partial charge on any atom is 0.407 e. The first-order chi connectivity index (χ1) is 8.97. The van der Waals surface area contributed by atoms with Crippen LogP contribution in [0.1, 0.15) is 54.9 Å². The van der Waals surface area contributed by atoms with Gasteiger partial charge in [0, 0.05) is 4.43 Å². The molecule has 0 aromatic rings. The summed E-state index contributed by atoms with van der Waals surface area (Å²) in [5.74, 6) is 0.599. The molecule has 4 nitrogen and oxygen atoms in total. The van der Waals surface area contributed by atoms with E-state index in [1.54, 1.807) is 0 Å². The number of hydrogen-bond donors (Lipinski definition) is 1. The molecular weight excluding hydrogens is 369 g/mol. The predicted molar refractivity (Wildman–Crippen MR) is 91.5 cm³/mol. The van der Waals surface area contributed by atoms with Crippen LogP contribution in [0.5, 0.6) is 0 Å². The fraction of sp³-hybridized carbons (Fsp3) is 0.933. The van der Waals surface area contributed by atoms with Crippen LogP contribution in [0.4, 0.5) is 4.79 Å². The Morgan fingerprint density at radius 3 is 2.15 bits per heavy atom. The van der Waals surface area contributed by atoms with Gasteiger partial charge in [-0.2, -0.15) is 0 Å². The highest BCUT2D eigenvalue weighted by Gasteiger charge is 2.28. The highest BCUT2D eigenvalue weighted by atomic mass is 127. The summed E-state index contributed by atoms with van der Waals surface area (Å²) in [6.07, 6.45) is 0.794. The van der Waals surface area contributed by atoms with Gasteiger partial charge in [-0.3, -0.25) is 0 Å². The van der Waals surface area contributed by atoms with Crippen molar-refractivity contribution in [3.05, 3.63) is 0 Å². The van der Waals surface area contributed by atoms with Gasteiger partial charge in [0.2, 0.25) is 0 Å². The summed E-state index contributed by atoms with van der Waals surface area (Å²) in [7, 11) is 0. The number of amides is 1. The summed E-state index contributed by atoms with van der Waals surface area (Å²) in [4.78, 5) is 11.7. The van der Waals surface area contributed by atoms with Gasteiger partial charge in [0.25, 0.3) is 0 Å². The van der Waals surface area contributed by atoms with Gasteiger partial charge in [0.05, 0.1) is 18.2 Å². The molecule has 0 aromatic carbocycles. The molecule has 0 radical (unpaired) electrons. The molecule has 0 rings (SSSR count). The van der Waals surface area contributed by atoms with E-state index in [-0.39, 0.29) is 11.7 Å². The van der Waals surface area contributed by atoms with Crippen molar-refractivity contribution < 1.29 is 14.3 Å². The van der Waals surface area contributed by atoms with E-state index in [1.165, 1.54) is 0 Å². The largest absolute Gasteiger partial charge is 0.444 e. The van der Waals surface area contributed by atoms with Crippen LogP contribution in [0.2, 0.25) is 0 Å². The Bertz CT molecular complexity index is 302. The first-order valence-electron chi connectivity index (χ1n) is 7.18. The summed E-state index contributed by atoms with van der Waals surface area (Å²) in [6, 6.07) is 0. The zero-order valence-corrected chi connectivity index (χ0v) is 16.0. The number of nitrogens with one attached hydrogen (secondary N) is 1. The average molecular weight is 399 g/mol. The minimum absolute atomic E-state index is 0.176. The van der Waals surface area contributed by atoms with E-state index in [4.69, 9.17) is 9.47 Å². The molecular formula is C15H30INO3. The van der Waals surface area contributed by atoms with Crippen LogP contribution in [0.25, 0.3) is 0 Å². The van der Waals surface area contributed by atoms with E-state index >= 15 is 0 Å². The Kier molecular flexibility index (Phi) is 8.40. The molecule has 120 valence electrons. The monoisotopic (exact) mass is 399 g/mol. The lowest BCUT2D eigenvalue weighted by molar-refractivity contribution is -0.0644. The maximum absolute atomic E-state index is 11.7. The predicted octanol–water partition coefficient (Wildman–Crippen LogP) is 4.16. The highest BCUT2D eigenvalue weighted by molar-refractivity contribution is 14.1. The molecule has 0 fully saturated rings. The number of alkyl halides is 1. The second-order valence-corrected chi connectivity index (χ2v) is 7.76. The van der Waals surface area contributed by atoms with Gasteiger partial charge in [-0.05, 0) is 47.0 Å². The first-order valence-corrected chi connectivity index (χ1v) is 8.70. The smallest absolute Gasteiger partial charge is 0.407 e. The Morgan fingerprint density at radius 2 is 1.75 bits per heavy atom. The van der Waals surface area contributed by atoms with Crippen molar-refractivity contribution in [3.8, 4) is 0 Å². The molecule has 0 saturated carbocycles. The highest BCUT2D eigenvalue weighted by Crippen LogP contribution is 2.19. The van der Waals surface area contributed by atoms with E-state index in [0.717, 1.165) is 10.8 Å². The number of rotatable bonds is 7. The van der Waals surface area contributed by atoms with E-state index < -0.39 is 11.7 Å². The lowest BCUT2D eigenvalue weighted by atomic mass is 10.1. The van der Waals surface area contributed by atoms with Crippen molar-refractivity contribution in [2.75, 3.05) is 11.0 Å². The Labute approximate surface area is 137 Å². The van der Waals surface area contributed by atoms with Gasteiger partial charge in [-0.15, -0.1) is 0 Å². The van der Waals surface area contributed by atoms with Gasteiger partial charge in [-0.1, -0.05) is 36.4 Å². The van der Waals surface area contributed by atoms with Gasteiger partial charge in [0.15, 0.2) is 0 Å². The Hall–Kier alpha value is -0.0400. The van der Waals surface area contributed by atoms with Crippen LogP contribution in [-0.2, 0) is 9.47 Å². The zero-order chi connectivity index (χ0) is 16.0. The molecule has 20 heavy (non-hydrogen) atoms. The maximum atomic E-state index is 11.7. The van der Waals surface area contributed by atoms with Crippen LogP contribution >= 0.6 is 22.6 Å². The molecule has 0 bridgehead atoms. The molecule has 0 aliphatic rings. The van der Waals surface area contributed by atoms with Crippen LogP contribution in [0.15, 0.2) is 0 Å². The van der Waals surface area contributed by atoms with Crippen molar-refractivity contribution in [1.29, 1.82) is 0 Å². The SMILES string of the molecule is CC(C)CC(C)OC(C)(CI)CNC(=O)OC(C)(C)C. The third-order valence-corrected chi connectivity index (χ3v) is 4.19. The van der Waals surface area contributed by atoms with Crippen LogP contribution in [0, 0.1) is 5.92 Å². The van der Waals surface area contributed by atoms with E-state index in [1.807, 2.05) is 27.7 Å². The van der Waals surface area contributed by atoms with Gasteiger partial charge >= 0.3 is 6.09 Å². The lowest BCUT2D eigenvalue weighted by Crippen LogP contribution is -2.47. The van der Waals surface area contributed by atoms with E-state index in [2.05, 4.69) is 48.7 Å². The summed E-state index contributed by atoms with van der Waals surface area (Å²) in [6.45, 7) is 14.5. The number of halogens is 1. The van der Waals surface area contributed by atoms with Gasteiger partial charge < -0.3 is 14.8 Å². The fourth-order valence-corrected chi connectivity index (χ4v) is 2.34. The number of hydrogen-bond acceptors (Lipinski definition) is 3. The van der Waals surface area contributed by atoms with E-state index in [9.17, 15) is 4.79 Å². The number of carbonyl (C=O) groups excluding carboxylic acids is 1. The molecule has 0 heterocycles. The zero-order valence-electron chi connectivity index (χ0n) is 13.9. The minimum atomic E-state index is -0.476. The molecule has 1 N–H and O–H groups in total. The standard InChI is InChI=1S/C15H30INO3/c1-11(2)8-12(3)19-15(7,9-16)10-17-13(18)20-14(4,5)6/h11-12H,8-10H2,1-7H3,(H,17,18). The lowest BCUT2D eigenvalue weighted by Gasteiger charge is -2.32. The quantitative estimate of drug-likeness (QED) is 0.517. The van der Waals surface area contributed by atoms with Crippen LogP contribution < -0.4 is 5.32 Å². The third kappa shape index (κ3) is 9.80. The number of carbonyl (C=O) groups is 1. The molecule has 0 aliphatic heterocycles. The Morgan fingerprint density at radius 1 is 1.20 bits per heavy atom. The van der Waals surface area contributed by atoms with Crippen molar-refractivity contribution in [1.82, 2.24) is 5.32 Å². The number of alkyl carbamates (subject to hydrolysis) is 1.